The molecule has 0 amide bonds. The lowest BCUT2D eigenvalue weighted by Crippen LogP contribution is -2.01. The fourth-order valence-electron chi connectivity index (χ4n) is 0.761. The highest BCUT2D eigenvalue weighted by Crippen LogP contribution is 1.98. The van der Waals surface area contributed by atoms with Gasteiger partial charge in [-0.1, -0.05) is 32.8 Å². The molecule has 0 saturated heterocycles. The lowest BCUT2D eigenvalue weighted by atomic mass is 10.2. The van der Waals surface area contributed by atoms with Gasteiger partial charge < -0.3 is 10.1 Å². The third-order valence-electron chi connectivity index (χ3n) is 1.41. The number of ether oxygens (including phenoxy) is 1. The van der Waals surface area contributed by atoms with Crippen LogP contribution in [0.4, 0.5) is 0 Å². The number of carbonyl (C=O) groups excluding carboxylic acids is 1. The van der Waals surface area contributed by atoms with Crippen LogP contribution in [0.15, 0.2) is 12.7 Å². The lowest BCUT2D eigenvalue weighted by Gasteiger charge is -1.99. The average molecular weight is 201 g/mol. The highest BCUT2D eigenvalue weighted by Gasteiger charge is 1.93. The fraction of sp³-hybridized carbons (Fsp3) is 0.727. The molecule has 3 heteroatoms. The van der Waals surface area contributed by atoms with Crippen LogP contribution in [0.1, 0.15) is 32.6 Å². The van der Waals surface area contributed by atoms with Crippen LogP contribution in [0.5, 0.6) is 0 Å². The zero-order valence-corrected chi connectivity index (χ0v) is 9.64. The normalized spacial score (nSPS) is 8.50. The first-order valence-electron chi connectivity index (χ1n) is 5.10. The van der Waals surface area contributed by atoms with Crippen molar-refractivity contribution in [3.63, 3.8) is 0 Å². The molecule has 1 N–H and O–H groups in total. The molecule has 0 aromatic carbocycles. The summed E-state index contributed by atoms with van der Waals surface area (Å²) < 4.78 is 4.78. The Bertz CT molecular complexity index is 135. The van der Waals surface area contributed by atoms with Gasteiger partial charge in [0.2, 0.25) is 0 Å². The minimum atomic E-state index is -0.318. The summed E-state index contributed by atoms with van der Waals surface area (Å²) in [4.78, 5) is 10.5. The van der Waals surface area contributed by atoms with E-state index in [9.17, 15) is 4.79 Å². The van der Waals surface area contributed by atoms with Crippen LogP contribution in [-0.2, 0) is 9.53 Å². The van der Waals surface area contributed by atoms with E-state index < -0.39 is 0 Å². The van der Waals surface area contributed by atoms with Crippen molar-refractivity contribution >= 4 is 5.97 Å². The Hall–Kier alpha value is -0.830. The van der Waals surface area contributed by atoms with Gasteiger partial charge in [0.15, 0.2) is 0 Å². The van der Waals surface area contributed by atoms with Gasteiger partial charge in [0.25, 0.3) is 0 Å². The standard InChI is InChI=1S/C9H16O2.C2H7N/c1-3-5-6-7-8-11-9(10)4-2;1-3-2/h4H,2-3,5-8H2,1H3;3H,1-2H3. The molecule has 0 aromatic heterocycles. The highest BCUT2D eigenvalue weighted by molar-refractivity contribution is 5.81. The molecule has 0 fully saturated rings. The molecule has 0 unspecified atom stereocenters. The smallest absolute Gasteiger partial charge is 0.330 e. The Morgan fingerprint density at radius 3 is 2.36 bits per heavy atom. The Kier molecular flexibility index (Phi) is 16.4. The van der Waals surface area contributed by atoms with E-state index in [2.05, 4.69) is 18.8 Å². The largest absolute Gasteiger partial charge is 0.463 e. The molecule has 0 aliphatic carbocycles. The van der Waals surface area contributed by atoms with E-state index in [4.69, 9.17) is 4.74 Å². The number of rotatable bonds is 6. The van der Waals surface area contributed by atoms with Gasteiger partial charge in [-0.15, -0.1) is 0 Å². The van der Waals surface area contributed by atoms with Gasteiger partial charge >= 0.3 is 5.97 Å². The fourth-order valence-corrected chi connectivity index (χ4v) is 0.761. The maximum Gasteiger partial charge on any atom is 0.330 e. The summed E-state index contributed by atoms with van der Waals surface area (Å²) in [5.74, 6) is -0.318. The van der Waals surface area contributed by atoms with Crippen molar-refractivity contribution in [3.8, 4) is 0 Å². The van der Waals surface area contributed by atoms with Crippen molar-refractivity contribution in [3.05, 3.63) is 12.7 Å². The van der Waals surface area contributed by atoms with Gasteiger partial charge in [-0.25, -0.2) is 4.79 Å². The molecule has 3 nitrogen and oxygen atoms in total. The van der Waals surface area contributed by atoms with Crippen LogP contribution < -0.4 is 5.32 Å². The zero-order chi connectivity index (χ0) is 11.2. The van der Waals surface area contributed by atoms with Crippen LogP contribution in [0.2, 0.25) is 0 Å². The summed E-state index contributed by atoms with van der Waals surface area (Å²) in [5, 5.41) is 2.75. The summed E-state index contributed by atoms with van der Waals surface area (Å²) in [5.41, 5.74) is 0. The van der Waals surface area contributed by atoms with Crippen molar-refractivity contribution in [2.75, 3.05) is 20.7 Å². The first-order valence-corrected chi connectivity index (χ1v) is 5.10. The van der Waals surface area contributed by atoms with E-state index in [1.807, 2.05) is 14.1 Å². The summed E-state index contributed by atoms with van der Waals surface area (Å²) in [6, 6.07) is 0. The first kappa shape index (κ1) is 15.6. The van der Waals surface area contributed by atoms with Crippen molar-refractivity contribution in [1.29, 1.82) is 0 Å². The predicted molar refractivity (Wildman–Crippen MR) is 60.3 cm³/mol. The maximum absolute atomic E-state index is 10.5. The van der Waals surface area contributed by atoms with Gasteiger partial charge in [-0.05, 0) is 20.5 Å². The summed E-state index contributed by atoms with van der Waals surface area (Å²) in [6.07, 6.45) is 5.72. The Morgan fingerprint density at radius 2 is 1.93 bits per heavy atom. The van der Waals surface area contributed by atoms with Crippen molar-refractivity contribution in [2.24, 2.45) is 0 Å². The van der Waals surface area contributed by atoms with Crippen molar-refractivity contribution < 1.29 is 9.53 Å². The Balaban J connectivity index is 0. The molecule has 0 aromatic rings. The lowest BCUT2D eigenvalue weighted by molar-refractivity contribution is -0.137. The van der Waals surface area contributed by atoms with Crippen molar-refractivity contribution in [2.45, 2.75) is 32.6 Å². The summed E-state index contributed by atoms with van der Waals surface area (Å²) in [7, 11) is 3.75. The quantitative estimate of drug-likeness (QED) is 0.406. The Labute approximate surface area is 87.5 Å². The summed E-state index contributed by atoms with van der Waals surface area (Å²) >= 11 is 0. The number of unbranched alkanes of at least 4 members (excludes halogenated alkanes) is 3. The van der Waals surface area contributed by atoms with Gasteiger partial charge in [0.1, 0.15) is 0 Å². The highest BCUT2D eigenvalue weighted by atomic mass is 16.5. The number of carbonyl (C=O) groups is 1. The monoisotopic (exact) mass is 201 g/mol. The third kappa shape index (κ3) is 17.3. The molecule has 0 radical (unpaired) electrons. The van der Waals surface area contributed by atoms with E-state index in [1.165, 1.54) is 18.9 Å². The van der Waals surface area contributed by atoms with Crippen LogP contribution >= 0.6 is 0 Å². The molecule has 0 aliphatic rings. The molecule has 0 saturated carbocycles. The molecular formula is C11H23NO2. The number of hydrogen-bond acceptors (Lipinski definition) is 3. The van der Waals surface area contributed by atoms with Crippen LogP contribution in [0, 0.1) is 0 Å². The maximum atomic E-state index is 10.5. The SMILES string of the molecule is C=CC(=O)OCCCCCC.CNC. The first-order chi connectivity index (χ1) is 6.72. The van der Waals surface area contributed by atoms with E-state index >= 15 is 0 Å². The predicted octanol–water partition coefficient (Wildman–Crippen LogP) is 2.13. The molecule has 0 atom stereocenters. The molecule has 0 spiro atoms. The summed E-state index contributed by atoms with van der Waals surface area (Å²) in [6.45, 7) is 5.98. The second kappa shape index (κ2) is 14.7. The second-order valence-corrected chi connectivity index (χ2v) is 2.93. The van der Waals surface area contributed by atoms with Crippen LogP contribution in [0.3, 0.4) is 0 Å². The van der Waals surface area contributed by atoms with Gasteiger partial charge in [0.05, 0.1) is 6.61 Å². The molecule has 0 aliphatic heterocycles. The van der Waals surface area contributed by atoms with E-state index in [-0.39, 0.29) is 5.97 Å². The molecule has 14 heavy (non-hydrogen) atoms. The molecule has 84 valence electrons. The van der Waals surface area contributed by atoms with Gasteiger partial charge in [0, 0.05) is 6.08 Å². The minimum Gasteiger partial charge on any atom is -0.463 e. The number of esters is 1. The van der Waals surface area contributed by atoms with Gasteiger partial charge in [-0.2, -0.15) is 0 Å². The zero-order valence-electron chi connectivity index (χ0n) is 9.64. The van der Waals surface area contributed by atoms with Gasteiger partial charge in [-0.3, -0.25) is 0 Å². The molecular weight excluding hydrogens is 178 g/mol. The van der Waals surface area contributed by atoms with E-state index in [1.54, 1.807) is 0 Å². The minimum absolute atomic E-state index is 0.318. The molecule has 0 heterocycles. The third-order valence-corrected chi connectivity index (χ3v) is 1.41. The van der Waals surface area contributed by atoms with Crippen LogP contribution in [0.25, 0.3) is 0 Å². The van der Waals surface area contributed by atoms with Crippen molar-refractivity contribution in [1.82, 2.24) is 5.32 Å². The topological polar surface area (TPSA) is 38.3 Å². The average Bonchev–Trinajstić information content (AvgIpc) is 2.18. The number of hydrogen-bond donors (Lipinski definition) is 1. The van der Waals surface area contributed by atoms with Crippen LogP contribution in [-0.4, -0.2) is 26.7 Å². The Morgan fingerprint density at radius 1 is 1.36 bits per heavy atom. The second-order valence-electron chi connectivity index (χ2n) is 2.93. The number of nitrogens with one attached hydrogen (secondary N) is 1. The van der Waals surface area contributed by atoms with E-state index in [0.717, 1.165) is 12.8 Å². The molecule has 0 bridgehead atoms. The molecule has 0 rings (SSSR count). The van der Waals surface area contributed by atoms with E-state index in [0.29, 0.717) is 6.61 Å².